The van der Waals surface area contributed by atoms with E-state index in [0.717, 1.165) is 36.0 Å². The molecule has 0 radical (unpaired) electrons. The molecule has 0 spiro atoms. The number of ether oxygens (including phenoxy) is 10. The molecule has 5 heterocycles. The highest BCUT2D eigenvalue weighted by molar-refractivity contribution is 5.08. The van der Waals surface area contributed by atoms with Crippen LogP contribution in [-0.4, -0.2) is 250 Å². The first-order chi connectivity index (χ1) is 34.8. The van der Waals surface area contributed by atoms with E-state index in [0.29, 0.717) is 19.3 Å². The average Bonchev–Trinajstić information content (AvgIpc) is 3.36. The molecule has 428 valence electrons. The van der Waals surface area contributed by atoms with Crippen molar-refractivity contribution in [2.45, 2.75) is 246 Å². The molecule has 0 aliphatic carbocycles. The Hall–Kier alpha value is -2.00. The maximum absolute atomic E-state index is 11.3. The van der Waals surface area contributed by atoms with Crippen molar-refractivity contribution in [2.24, 2.45) is 0 Å². The Morgan fingerprint density at radius 2 is 0.865 bits per heavy atom. The summed E-state index contributed by atoms with van der Waals surface area (Å²) in [5.74, 6) is 0. The van der Waals surface area contributed by atoms with E-state index >= 15 is 0 Å². The predicted molar refractivity (Wildman–Crippen MR) is 256 cm³/mol. The molecule has 0 aromatic heterocycles. The van der Waals surface area contributed by atoms with Crippen LogP contribution in [0.15, 0.2) is 47.6 Å². The first-order valence-electron chi connectivity index (χ1n) is 25.4. The van der Waals surface area contributed by atoms with Gasteiger partial charge in [-0.3, -0.25) is 0 Å². The van der Waals surface area contributed by atoms with Gasteiger partial charge in [-0.15, -0.1) is 6.58 Å². The van der Waals surface area contributed by atoms with E-state index in [2.05, 4.69) is 18.7 Å². The van der Waals surface area contributed by atoms with Gasteiger partial charge in [0.05, 0.1) is 43.7 Å². The lowest BCUT2D eigenvalue weighted by atomic mass is 9.95. The Morgan fingerprint density at radius 3 is 1.35 bits per heavy atom. The zero-order chi connectivity index (χ0) is 54.9. The fourth-order valence-electron chi connectivity index (χ4n) is 9.21. The highest BCUT2D eigenvalue weighted by atomic mass is 16.8. The Labute approximate surface area is 431 Å². The molecule has 5 aliphatic rings. The van der Waals surface area contributed by atoms with Gasteiger partial charge in [-0.2, -0.15) is 0 Å². The highest BCUT2D eigenvalue weighted by Gasteiger charge is 2.53. The number of hydrogen-bond acceptors (Lipinski definition) is 24. The molecule has 26 atom stereocenters. The summed E-state index contributed by atoms with van der Waals surface area (Å²) in [7, 11) is 0. The van der Waals surface area contributed by atoms with E-state index in [1.807, 2.05) is 26.8 Å². The summed E-state index contributed by atoms with van der Waals surface area (Å²) in [4.78, 5) is 0. The van der Waals surface area contributed by atoms with Crippen LogP contribution in [-0.2, 0) is 47.4 Å². The molecule has 0 amide bonds. The summed E-state index contributed by atoms with van der Waals surface area (Å²) in [5, 5.41) is 147. The SMILES string of the molecule is C=CC(C)(CC/C=C(\C)CC/C=C(\C)CC/C=C(/C)CO[C@@H]1O[C@H](CO[C@@H]2O[C@@H](C)[C@H](O)[C@@H](O)[C@H]2O)[C@@H](O[C@@H]2O[C@@H](C)[C@H](O)[C@@H](O)[C@H]2O)[C@H](O)[C@H]1O)O[C@@H]1O[C@H](CO)[C@@H](O[C@@H]2O[C@@H](C)[C@H](O)[C@@H](O)[C@H]2O)[C@H](O)[C@H]1O. The smallest absolute Gasteiger partial charge is 0.187 e. The van der Waals surface area contributed by atoms with Crippen molar-refractivity contribution < 1.29 is 119 Å². The maximum atomic E-state index is 11.3. The maximum Gasteiger partial charge on any atom is 0.187 e. The van der Waals surface area contributed by atoms with Crippen molar-refractivity contribution >= 4 is 0 Å². The number of allylic oxidation sites excluding steroid dienone is 5. The molecule has 5 fully saturated rings. The molecule has 0 bridgehead atoms. The second-order valence-corrected chi connectivity index (χ2v) is 20.5. The summed E-state index contributed by atoms with van der Waals surface area (Å²) >= 11 is 0. The van der Waals surface area contributed by atoms with Gasteiger partial charge >= 0.3 is 0 Å². The van der Waals surface area contributed by atoms with Gasteiger partial charge in [0.2, 0.25) is 0 Å². The normalized spacial score (nSPS) is 44.8. The first-order valence-corrected chi connectivity index (χ1v) is 25.4. The van der Waals surface area contributed by atoms with Crippen molar-refractivity contribution in [3.05, 3.63) is 47.6 Å². The Balaban J connectivity index is 1.07. The highest BCUT2D eigenvalue weighted by Crippen LogP contribution is 2.34. The lowest BCUT2D eigenvalue weighted by Gasteiger charge is -2.47. The molecule has 1 unspecified atom stereocenters. The molecule has 5 saturated heterocycles. The molecule has 14 N–H and O–H groups in total. The monoisotopic (exact) mass is 1070 g/mol. The van der Waals surface area contributed by atoms with E-state index in [9.17, 15) is 71.5 Å². The van der Waals surface area contributed by atoms with Crippen molar-refractivity contribution in [3.63, 3.8) is 0 Å². The van der Waals surface area contributed by atoms with Crippen LogP contribution < -0.4 is 0 Å². The molecule has 5 rings (SSSR count). The van der Waals surface area contributed by atoms with E-state index in [1.54, 1.807) is 13.0 Å². The third kappa shape index (κ3) is 15.9. The summed E-state index contributed by atoms with van der Waals surface area (Å²) in [6, 6.07) is 0. The molecular formula is C50H84O24. The van der Waals surface area contributed by atoms with Gasteiger partial charge in [0.1, 0.15) is 104 Å². The molecule has 74 heavy (non-hydrogen) atoms. The Morgan fingerprint density at radius 1 is 0.473 bits per heavy atom. The second-order valence-electron chi connectivity index (χ2n) is 20.5. The molecular weight excluding hydrogens is 985 g/mol. The number of rotatable bonds is 23. The molecule has 0 aromatic rings. The van der Waals surface area contributed by atoms with E-state index in [4.69, 9.17) is 47.4 Å². The summed E-state index contributed by atoms with van der Waals surface area (Å²) in [6.45, 7) is 14.7. The van der Waals surface area contributed by atoms with Crippen LogP contribution in [0.25, 0.3) is 0 Å². The Bertz CT molecular complexity index is 1820. The fraction of sp³-hybridized carbons (Fsp3) is 0.840. The van der Waals surface area contributed by atoms with Crippen LogP contribution in [0.2, 0.25) is 0 Å². The minimum atomic E-state index is -1.75. The lowest BCUT2D eigenvalue weighted by molar-refractivity contribution is -0.363. The van der Waals surface area contributed by atoms with Gasteiger partial charge in [-0.25, -0.2) is 0 Å². The van der Waals surface area contributed by atoms with E-state index < -0.39 is 172 Å². The zero-order valence-electron chi connectivity index (χ0n) is 43.2. The summed E-state index contributed by atoms with van der Waals surface area (Å²) in [5.41, 5.74) is 2.05. The van der Waals surface area contributed by atoms with Crippen LogP contribution in [0, 0.1) is 0 Å². The van der Waals surface area contributed by atoms with Crippen LogP contribution in [0.5, 0.6) is 0 Å². The lowest BCUT2D eigenvalue weighted by Crippen LogP contribution is -2.64. The second kappa shape index (κ2) is 28.2. The van der Waals surface area contributed by atoms with Gasteiger partial charge in [0.15, 0.2) is 31.5 Å². The van der Waals surface area contributed by atoms with Gasteiger partial charge in [0.25, 0.3) is 0 Å². The summed E-state index contributed by atoms with van der Waals surface area (Å²) in [6.07, 6.45) is -24.7. The molecule has 5 aliphatic heterocycles. The van der Waals surface area contributed by atoms with E-state index in [-0.39, 0.29) is 6.61 Å². The Kier molecular flexibility index (Phi) is 24.0. The topological polar surface area (TPSA) is 376 Å². The predicted octanol–water partition coefficient (Wildman–Crippen LogP) is -2.70. The number of hydrogen-bond donors (Lipinski definition) is 14. The van der Waals surface area contributed by atoms with Crippen LogP contribution in [0.1, 0.15) is 87.0 Å². The third-order valence-electron chi connectivity index (χ3n) is 14.4. The molecule has 0 saturated carbocycles. The zero-order valence-corrected chi connectivity index (χ0v) is 43.2. The van der Waals surface area contributed by atoms with Crippen molar-refractivity contribution in [3.8, 4) is 0 Å². The van der Waals surface area contributed by atoms with Crippen LogP contribution >= 0.6 is 0 Å². The minimum absolute atomic E-state index is 0.00986. The van der Waals surface area contributed by atoms with Crippen molar-refractivity contribution in [1.82, 2.24) is 0 Å². The molecule has 24 nitrogen and oxygen atoms in total. The van der Waals surface area contributed by atoms with Crippen LogP contribution in [0.4, 0.5) is 0 Å². The third-order valence-corrected chi connectivity index (χ3v) is 14.4. The van der Waals surface area contributed by atoms with Gasteiger partial charge in [0, 0.05) is 0 Å². The number of aliphatic hydroxyl groups is 14. The first kappa shape index (κ1) is 62.8. The quantitative estimate of drug-likeness (QED) is 0.0463. The minimum Gasteiger partial charge on any atom is -0.394 e. The summed E-state index contributed by atoms with van der Waals surface area (Å²) < 4.78 is 57.7. The standard InChI is InChI=1S/C50H84O24/c1-9-50(8,74-49-42(64)37(59)43(28(19-51)70-49)72-47-39(61)34(56)31(53)26(6)68-47)18-12-17-23(3)14-10-13-22(2)15-11-16-24(4)20-65-46-41(63)36(58)44(73-48-40(62)35(57)32(54)27(7)69-48)29(71-46)21-66-45-38(60)33(55)30(52)25(5)67-45/h9,13,16-17,25-49,51-64H,1,10-12,14-15,18-21H2,2-8H3/b22-13+,23-17+,24-16-/t25-,26-,27-,28+,29+,30-,31-,32-,33+,34+,35+,36+,37+,38+,39+,40+,41+,42+,43+,44+,45+,46+,47-,48-,49-,50?/m0/s1. The van der Waals surface area contributed by atoms with Crippen LogP contribution in [0.3, 0.4) is 0 Å². The molecule has 24 heteroatoms. The van der Waals surface area contributed by atoms with Crippen molar-refractivity contribution in [2.75, 3.05) is 19.8 Å². The van der Waals surface area contributed by atoms with Gasteiger partial charge < -0.3 is 119 Å². The fourth-order valence-corrected chi connectivity index (χ4v) is 9.21. The molecule has 0 aromatic carbocycles. The average molecular weight is 1070 g/mol. The van der Waals surface area contributed by atoms with Crippen molar-refractivity contribution in [1.29, 1.82) is 0 Å². The van der Waals surface area contributed by atoms with E-state index in [1.165, 1.54) is 20.8 Å². The largest absolute Gasteiger partial charge is 0.394 e. The number of aliphatic hydroxyl groups excluding tert-OH is 14. The van der Waals surface area contributed by atoms with Gasteiger partial charge in [-0.1, -0.05) is 41.0 Å². The van der Waals surface area contributed by atoms with Gasteiger partial charge in [-0.05, 0) is 87.0 Å².